The minimum Gasteiger partial charge on any atom is -0.371 e. The zero-order valence-electron chi connectivity index (χ0n) is 9.31. The first kappa shape index (κ1) is 10.7. The van der Waals surface area contributed by atoms with Crippen molar-refractivity contribution in [3.63, 3.8) is 0 Å². The summed E-state index contributed by atoms with van der Waals surface area (Å²) in [6, 6.07) is 9.90. The second-order valence-corrected chi connectivity index (χ2v) is 4.20. The summed E-state index contributed by atoms with van der Waals surface area (Å²) < 4.78 is 0. The fraction of sp³-hybridized carbons (Fsp3) is 0.385. The number of rotatable bonds is 2. The minimum atomic E-state index is 0.320. The Labute approximate surface area is 95.3 Å². The largest absolute Gasteiger partial charge is 0.371 e. The minimum absolute atomic E-state index is 0.320. The van der Waals surface area contributed by atoms with Crippen molar-refractivity contribution >= 4 is 11.5 Å². The highest BCUT2D eigenvalue weighted by Crippen LogP contribution is 2.25. The third-order valence-corrected chi connectivity index (χ3v) is 3.17. The molecule has 16 heavy (non-hydrogen) atoms. The van der Waals surface area contributed by atoms with Crippen molar-refractivity contribution in [3.05, 3.63) is 29.8 Å². The summed E-state index contributed by atoms with van der Waals surface area (Å²) in [5, 5.41) is 8.71. The van der Waals surface area contributed by atoms with Crippen LogP contribution in [0, 0.1) is 11.3 Å². The molecule has 0 amide bonds. The van der Waals surface area contributed by atoms with Gasteiger partial charge in [-0.15, -0.1) is 0 Å². The van der Waals surface area contributed by atoms with Crippen LogP contribution in [-0.4, -0.2) is 18.9 Å². The van der Waals surface area contributed by atoms with Crippen LogP contribution < -0.4 is 4.90 Å². The van der Waals surface area contributed by atoms with Gasteiger partial charge in [0, 0.05) is 31.6 Å². The molecule has 0 aromatic heterocycles. The maximum Gasteiger partial charge on any atom is 0.135 e. The number of nitrogens with zero attached hydrogens (tertiary/aromatic N) is 2. The number of anilines is 1. The molecule has 82 valence electrons. The molecule has 0 N–H and O–H groups in total. The molecule has 1 aliphatic carbocycles. The second-order valence-electron chi connectivity index (χ2n) is 4.20. The Morgan fingerprint density at radius 1 is 1.38 bits per heavy atom. The van der Waals surface area contributed by atoms with Gasteiger partial charge in [0.15, 0.2) is 0 Å². The van der Waals surface area contributed by atoms with E-state index in [0.29, 0.717) is 30.2 Å². The zero-order valence-corrected chi connectivity index (χ0v) is 9.31. The van der Waals surface area contributed by atoms with E-state index in [1.54, 1.807) is 0 Å². The maximum atomic E-state index is 11.2. The quantitative estimate of drug-likeness (QED) is 0.757. The van der Waals surface area contributed by atoms with Crippen LogP contribution >= 0.6 is 0 Å². The Morgan fingerprint density at radius 2 is 2.06 bits per heavy atom. The first-order valence-electron chi connectivity index (χ1n) is 5.45. The van der Waals surface area contributed by atoms with Crippen molar-refractivity contribution in [3.8, 4) is 6.07 Å². The Balaban J connectivity index is 2.11. The number of carbonyl (C=O) groups excluding carboxylic acids is 1. The summed E-state index contributed by atoms with van der Waals surface area (Å²) in [6.07, 6.45) is 2.29. The highest BCUT2D eigenvalue weighted by Gasteiger charge is 2.25. The third-order valence-electron chi connectivity index (χ3n) is 3.17. The van der Waals surface area contributed by atoms with Gasteiger partial charge in [0.1, 0.15) is 5.78 Å². The van der Waals surface area contributed by atoms with Crippen LogP contribution in [0.3, 0.4) is 0 Å². The van der Waals surface area contributed by atoms with Crippen LogP contribution in [0.15, 0.2) is 24.3 Å². The zero-order chi connectivity index (χ0) is 11.5. The summed E-state index contributed by atoms with van der Waals surface area (Å²) in [4.78, 5) is 13.4. The van der Waals surface area contributed by atoms with E-state index in [9.17, 15) is 4.79 Å². The van der Waals surface area contributed by atoms with Gasteiger partial charge in [-0.2, -0.15) is 5.26 Å². The lowest BCUT2D eigenvalue weighted by Crippen LogP contribution is -2.29. The molecular formula is C13H14N2O. The summed E-state index contributed by atoms with van der Waals surface area (Å²) in [5.41, 5.74) is 1.73. The van der Waals surface area contributed by atoms with Crippen molar-refractivity contribution in [2.45, 2.75) is 25.3 Å². The van der Waals surface area contributed by atoms with Crippen molar-refractivity contribution in [1.82, 2.24) is 0 Å². The van der Waals surface area contributed by atoms with Gasteiger partial charge in [0.25, 0.3) is 0 Å². The molecule has 3 nitrogen and oxygen atoms in total. The number of ketones is 1. The number of hydrogen-bond donors (Lipinski definition) is 0. The van der Waals surface area contributed by atoms with Crippen molar-refractivity contribution in [2.75, 3.05) is 11.9 Å². The molecule has 1 saturated carbocycles. The molecule has 1 unspecified atom stereocenters. The first-order valence-corrected chi connectivity index (χ1v) is 5.45. The molecule has 1 fully saturated rings. The SMILES string of the molecule is CN(c1ccc(C#N)cc1)C1CCC(=O)C1. The van der Waals surface area contributed by atoms with E-state index in [2.05, 4.69) is 11.0 Å². The Morgan fingerprint density at radius 3 is 2.56 bits per heavy atom. The maximum absolute atomic E-state index is 11.2. The molecule has 0 bridgehead atoms. The van der Waals surface area contributed by atoms with Crippen LogP contribution in [0.25, 0.3) is 0 Å². The number of hydrogen-bond acceptors (Lipinski definition) is 3. The first-order chi connectivity index (χ1) is 7.70. The predicted octanol–water partition coefficient (Wildman–Crippen LogP) is 2.12. The molecule has 2 rings (SSSR count). The normalized spacial score (nSPS) is 19.5. The van der Waals surface area contributed by atoms with Crippen molar-refractivity contribution in [1.29, 1.82) is 5.26 Å². The molecule has 0 heterocycles. The molecule has 1 aromatic rings. The molecule has 3 heteroatoms. The van der Waals surface area contributed by atoms with Crippen LogP contribution in [0.1, 0.15) is 24.8 Å². The second kappa shape index (κ2) is 4.36. The highest BCUT2D eigenvalue weighted by molar-refractivity contribution is 5.82. The van der Waals surface area contributed by atoms with E-state index in [1.807, 2.05) is 31.3 Å². The molecule has 1 aromatic carbocycles. The van der Waals surface area contributed by atoms with E-state index < -0.39 is 0 Å². The van der Waals surface area contributed by atoms with Crippen molar-refractivity contribution < 1.29 is 4.79 Å². The van der Waals surface area contributed by atoms with Gasteiger partial charge in [0.2, 0.25) is 0 Å². The van der Waals surface area contributed by atoms with Gasteiger partial charge in [-0.3, -0.25) is 4.79 Å². The Kier molecular flexibility index (Phi) is 2.91. The average molecular weight is 214 g/mol. The highest BCUT2D eigenvalue weighted by atomic mass is 16.1. The number of nitriles is 1. The van der Waals surface area contributed by atoms with Gasteiger partial charge < -0.3 is 4.90 Å². The number of benzene rings is 1. The molecule has 1 atom stereocenters. The smallest absolute Gasteiger partial charge is 0.135 e. The van der Waals surface area contributed by atoms with Gasteiger partial charge in [-0.25, -0.2) is 0 Å². The predicted molar refractivity (Wildman–Crippen MR) is 62.2 cm³/mol. The van der Waals surface area contributed by atoms with E-state index in [0.717, 1.165) is 12.1 Å². The lowest BCUT2D eigenvalue weighted by molar-refractivity contribution is -0.117. The van der Waals surface area contributed by atoms with Crippen LogP contribution in [-0.2, 0) is 4.79 Å². The standard InChI is InChI=1S/C13H14N2O/c1-15(12-6-7-13(16)8-12)11-4-2-10(9-14)3-5-11/h2-5,12H,6-8H2,1H3. The van der Waals surface area contributed by atoms with E-state index in [-0.39, 0.29) is 0 Å². The molecule has 1 aliphatic rings. The van der Waals surface area contributed by atoms with Crippen molar-refractivity contribution in [2.24, 2.45) is 0 Å². The van der Waals surface area contributed by atoms with E-state index in [1.165, 1.54) is 0 Å². The van der Waals surface area contributed by atoms with Gasteiger partial charge >= 0.3 is 0 Å². The third kappa shape index (κ3) is 2.06. The molecule has 0 radical (unpaired) electrons. The fourth-order valence-corrected chi connectivity index (χ4v) is 2.11. The van der Waals surface area contributed by atoms with Crippen LogP contribution in [0.5, 0.6) is 0 Å². The summed E-state index contributed by atoms with van der Waals surface area (Å²) >= 11 is 0. The monoisotopic (exact) mass is 214 g/mol. The Hall–Kier alpha value is -1.82. The molecule has 0 saturated heterocycles. The lowest BCUT2D eigenvalue weighted by atomic mass is 10.1. The molecule has 0 spiro atoms. The topological polar surface area (TPSA) is 44.1 Å². The van der Waals surface area contributed by atoms with E-state index >= 15 is 0 Å². The number of Topliss-reactive ketones (excluding diaryl/α,β-unsaturated/α-hetero) is 1. The molecular weight excluding hydrogens is 200 g/mol. The van der Waals surface area contributed by atoms with Gasteiger partial charge in [-0.05, 0) is 30.7 Å². The summed E-state index contributed by atoms with van der Waals surface area (Å²) in [5.74, 6) is 0.352. The number of carbonyl (C=O) groups is 1. The van der Waals surface area contributed by atoms with Crippen LogP contribution in [0.4, 0.5) is 5.69 Å². The van der Waals surface area contributed by atoms with Crippen LogP contribution in [0.2, 0.25) is 0 Å². The van der Waals surface area contributed by atoms with Gasteiger partial charge in [0.05, 0.1) is 11.6 Å². The fourth-order valence-electron chi connectivity index (χ4n) is 2.11. The Bertz CT molecular complexity index is 430. The summed E-state index contributed by atoms with van der Waals surface area (Å²) in [6.45, 7) is 0. The average Bonchev–Trinajstić information content (AvgIpc) is 2.75. The lowest BCUT2D eigenvalue weighted by Gasteiger charge is -2.25. The van der Waals surface area contributed by atoms with E-state index in [4.69, 9.17) is 5.26 Å². The molecule has 0 aliphatic heterocycles. The summed E-state index contributed by atoms with van der Waals surface area (Å²) in [7, 11) is 2.00. The van der Waals surface area contributed by atoms with Gasteiger partial charge in [-0.1, -0.05) is 0 Å².